The largest absolute Gasteiger partial charge is 0.492 e. The summed E-state index contributed by atoms with van der Waals surface area (Å²) in [5, 5.41) is 8.87. The molecule has 98 valence electrons. The molecule has 0 amide bonds. The fourth-order valence-electron chi connectivity index (χ4n) is 1.84. The van der Waals surface area contributed by atoms with Gasteiger partial charge in [-0.2, -0.15) is 11.8 Å². The smallest absolute Gasteiger partial charge is 0.335 e. The average molecular weight is 267 g/mol. The topological polar surface area (TPSA) is 49.8 Å². The van der Waals surface area contributed by atoms with E-state index in [9.17, 15) is 4.79 Å². The van der Waals surface area contributed by atoms with Crippen molar-refractivity contribution >= 4 is 17.7 Å². The van der Waals surface area contributed by atoms with Gasteiger partial charge in [-0.25, -0.2) is 4.79 Å². The van der Waals surface area contributed by atoms with Gasteiger partial charge in [0.05, 0.1) is 5.56 Å². The zero-order valence-corrected chi connectivity index (χ0v) is 11.0. The SMILES string of the molecule is O=C(O)c1cccc(OCCN2CCSCC2)c1. The fraction of sp³-hybridized carbons (Fsp3) is 0.462. The molecule has 1 aromatic carbocycles. The van der Waals surface area contributed by atoms with Crippen molar-refractivity contribution in [2.45, 2.75) is 0 Å². The summed E-state index contributed by atoms with van der Waals surface area (Å²) in [5.41, 5.74) is 0.266. The predicted molar refractivity (Wildman–Crippen MR) is 72.7 cm³/mol. The van der Waals surface area contributed by atoms with E-state index in [4.69, 9.17) is 9.84 Å². The highest BCUT2D eigenvalue weighted by atomic mass is 32.2. The lowest BCUT2D eigenvalue weighted by molar-refractivity contribution is 0.0696. The molecule has 0 unspecified atom stereocenters. The maximum absolute atomic E-state index is 10.8. The number of aromatic carboxylic acids is 1. The molecule has 1 aromatic rings. The number of carbonyl (C=O) groups is 1. The summed E-state index contributed by atoms with van der Waals surface area (Å²) in [6.07, 6.45) is 0. The van der Waals surface area contributed by atoms with Crippen molar-refractivity contribution in [2.24, 2.45) is 0 Å². The van der Waals surface area contributed by atoms with Gasteiger partial charge in [0.1, 0.15) is 12.4 Å². The molecule has 1 saturated heterocycles. The zero-order chi connectivity index (χ0) is 12.8. The van der Waals surface area contributed by atoms with E-state index in [0.717, 1.165) is 19.6 Å². The van der Waals surface area contributed by atoms with Gasteiger partial charge in [0.25, 0.3) is 0 Å². The molecule has 0 saturated carbocycles. The van der Waals surface area contributed by atoms with Crippen LogP contribution in [0.5, 0.6) is 5.75 Å². The van der Waals surface area contributed by atoms with Crippen LogP contribution in [0.2, 0.25) is 0 Å². The Morgan fingerprint density at radius 3 is 2.89 bits per heavy atom. The van der Waals surface area contributed by atoms with E-state index in [0.29, 0.717) is 12.4 Å². The first-order chi connectivity index (χ1) is 8.75. The Bertz CT molecular complexity index is 405. The number of nitrogens with zero attached hydrogens (tertiary/aromatic N) is 1. The molecule has 1 fully saturated rings. The molecule has 1 aliphatic rings. The van der Waals surface area contributed by atoms with Crippen LogP contribution in [0.4, 0.5) is 0 Å². The molecule has 1 aliphatic heterocycles. The molecule has 5 heteroatoms. The number of ether oxygens (including phenoxy) is 1. The van der Waals surface area contributed by atoms with Gasteiger partial charge in [-0.05, 0) is 18.2 Å². The molecule has 18 heavy (non-hydrogen) atoms. The number of benzene rings is 1. The number of rotatable bonds is 5. The molecular formula is C13H17NO3S. The van der Waals surface area contributed by atoms with Crippen LogP contribution in [0.15, 0.2) is 24.3 Å². The van der Waals surface area contributed by atoms with Crippen LogP contribution in [0.1, 0.15) is 10.4 Å². The van der Waals surface area contributed by atoms with Crippen molar-refractivity contribution < 1.29 is 14.6 Å². The van der Waals surface area contributed by atoms with Gasteiger partial charge >= 0.3 is 5.97 Å². The van der Waals surface area contributed by atoms with E-state index in [-0.39, 0.29) is 5.56 Å². The molecule has 0 aromatic heterocycles. The minimum Gasteiger partial charge on any atom is -0.492 e. The molecule has 1 heterocycles. The lowest BCUT2D eigenvalue weighted by atomic mass is 10.2. The fourth-order valence-corrected chi connectivity index (χ4v) is 2.81. The minimum atomic E-state index is -0.923. The first kappa shape index (κ1) is 13.2. The summed E-state index contributed by atoms with van der Waals surface area (Å²) in [4.78, 5) is 13.2. The Morgan fingerprint density at radius 2 is 2.17 bits per heavy atom. The molecule has 4 nitrogen and oxygen atoms in total. The molecule has 0 bridgehead atoms. The molecule has 0 atom stereocenters. The van der Waals surface area contributed by atoms with Gasteiger partial charge in [-0.1, -0.05) is 6.07 Å². The van der Waals surface area contributed by atoms with Crippen LogP contribution >= 0.6 is 11.8 Å². The van der Waals surface area contributed by atoms with Crippen LogP contribution in [-0.2, 0) is 0 Å². The highest BCUT2D eigenvalue weighted by Gasteiger charge is 2.10. The van der Waals surface area contributed by atoms with Crippen molar-refractivity contribution in [3.05, 3.63) is 29.8 Å². The van der Waals surface area contributed by atoms with E-state index >= 15 is 0 Å². The Kier molecular flexibility index (Phi) is 4.90. The summed E-state index contributed by atoms with van der Waals surface area (Å²) in [6, 6.07) is 6.63. The molecule has 0 spiro atoms. The normalized spacial score (nSPS) is 16.4. The number of carboxylic acid groups (broad SMARTS) is 1. The highest BCUT2D eigenvalue weighted by Crippen LogP contribution is 2.14. The lowest BCUT2D eigenvalue weighted by Gasteiger charge is -2.25. The summed E-state index contributed by atoms with van der Waals surface area (Å²) in [7, 11) is 0. The first-order valence-electron chi connectivity index (χ1n) is 6.02. The second-order valence-corrected chi connectivity index (χ2v) is 5.36. The van der Waals surface area contributed by atoms with E-state index < -0.39 is 5.97 Å². The predicted octanol–water partition coefficient (Wildman–Crippen LogP) is 1.81. The van der Waals surface area contributed by atoms with Gasteiger partial charge in [-0.15, -0.1) is 0 Å². The maximum Gasteiger partial charge on any atom is 0.335 e. The molecule has 0 aliphatic carbocycles. The summed E-state index contributed by atoms with van der Waals surface area (Å²) >= 11 is 1.99. The van der Waals surface area contributed by atoms with Crippen LogP contribution < -0.4 is 4.74 Å². The summed E-state index contributed by atoms with van der Waals surface area (Å²) in [6.45, 7) is 3.73. The van der Waals surface area contributed by atoms with Gasteiger partial charge in [0.15, 0.2) is 0 Å². The van der Waals surface area contributed by atoms with Gasteiger partial charge < -0.3 is 9.84 Å². The lowest BCUT2D eigenvalue weighted by Crippen LogP contribution is -2.35. The van der Waals surface area contributed by atoms with E-state index in [2.05, 4.69) is 4.90 Å². The zero-order valence-electron chi connectivity index (χ0n) is 10.2. The Balaban J connectivity index is 1.78. The van der Waals surface area contributed by atoms with Crippen LogP contribution in [0.25, 0.3) is 0 Å². The number of carboxylic acids is 1. The van der Waals surface area contributed by atoms with Gasteiger partial charge in [-0.3, -0.25) is 4.90 Å². The van der Waals surface area contributed by atoms with Crippen molar-refractivity contribution in [1.29, 1.82) is 0 Å². The molecular weight excluding hydrogens is 250 g/mol. The maximum atomic E-state index is 10.8. The third kappa shape index (κ3) is 3.92. The van der Waals surface area contributed by atoms with Crippen molar-refractivity contribution in [3.63, 3.8) is 0 Å². The van der Waals surface area contributed by atoms with Crippen molar-refractivity contribution in [3.8, 4) is 5.75 Å². The quantitative estimate of drug-likeness (QED) is 0.881. The van der Waals surface area contributed by atoms with Gasteiger partial charge in [0.2, 0.25) is 0 Å². The van der Waals surface area contributed by atoms with Crippen LogP contribution in [-0.4, -0.2) is 53.7 Å². The summed E-state index contributed by atoms with van der Waals surface area (Å²) < 4.78 is 5.59. The third-order valence-electron chi connectivity index (χ3n) is 2.86. The first-order valence-corrected chi connectivity index (χ1v) is 7.17. The minimum absolute atomic E-state index is 0.266. The highest BCUT2D eigenvalue weighted by molar-refractivity contribution is 7.99. The average Bonchev–Trinajstić information content (AvgIpc) is 2.40. The second-order valence-electron chi connectivity index (χ2n) is 4.14. The van der Waals surface area contributed by atoms with E-state index in [1.807, 2.05) is 11.8 Å². The third-order valence-corrected chi connectivity index (χ3v) is 3.80. The second kappa shape index (κ2) is 6.66. The number of thioether (sulfide) groups is 1. The Hall–Kier alpha value is -1.20. The van der Waals surface area contributed by atoms with E-state index in [1.54, 1.807) is 24.3 Å². The summed E-state index contributed by atoms with van der Waals surface area (Å²) in [5.74, 6) is 2.08. The molecule has 2 rings (SSSR count). The Morgan fingerprint density at radius 1 is 1.39 bits per heavy atom. The standard InChI is InChI=1S/C13H17NO3S/c15-13(16)11-2-1-3-12(10-11)17-7-4-14-5-8-18-9-6-14/h1-3,10H,4-9H2,(H,15,16). The van der Waals surface area contributed by atoms with Crippen LogP contribution in [0.3, 0.4) is 0 Å². The van der Waals surface area contributed by atoms with E-state index in [1.165, 1.54) is 11.5 Å². The van der Waals surface area contributed by atoms with Crippen LogP contribution in [0, 0.1) is 0 Å². The number of hydrogen-bond acceptors (Lipinski definition) is 4. The Labute approximate surface area is 111 Å². The van der Waals surface area contributed by atoms with Crippen molar-refractivity contribution in [1.82, 2.24) is 4.90 Å². The van der Waals surface area contributed by atoms with Gasteiger partial charge in [0, 0.05) is 31.1 Å². The monoisotopic (exact) mass is 267 g/mol. The van der Waals surface area contributed by atoms with Crippen molar-refractivity contribution in [2.75, 3.05) is 37.7 Å². The molecule has 1 N–H and O–H groups in total. The number of hydrogen-bond donors (Lipinski definition) is 1. The molecule has 0 radical (unpaired) electrons.